The van der Waals surface area contributed by atoms with Gasteiger partial charge >= 0.3 is 0 Å². The van der Waals surface area contributed by atoms with Crippen molar-refractivity contribution >= 4 is 11.5 Å². The van der Waals surface area contributed by atoms with E-state index in [2.05, 4.69) is 15.8 Å². The third kappa shape index (κ3) is 3.84. The number of hydrogen-bond donors (Lipinski definition) is 2. The average molecular weight is 418 g/mol. The second-order valence-corrected chi connectivity index (χ2v) is 8.26. The number of halogens is 1. The molecule has 1 saturated carbocycles. The Morgan fingerprint density at radius 1 is 1.29 bits per heavy atom. The first kappa shape index (κ1) is 19.5. The number of imidazole rings is 1. The van der Waals surface area contributed by atoms with Crippen molar-refractivity contribution in [3.05, 3.63) is 90.0 Å². The van der Waals surface area contributed by atoms with Crippen LogP contribution < -0.4 is 10.8 Å². The minimum Gasteiger partial charge on any atom is -0.415 e. The lowest BCUT2D eigenvalue weighted by Crippen LogP contribution is -2.35. The topological polar surface area (TPSA) is 68.2 Å². The van der Waals surface area contributed by atoms with Gasteiger partial charge in [0.25, 0.3) is 5.91 Å². The van der Waals surface area contributed by atoms with Crippen LogP contribution in [0.4, 0.5) is 4.39 Å². The van der Waals surface area contributed by atoms with Crippen LogP contribution in [0, 0.1) is 11.7 Å². The van der Waals surface area contributed by atoms with E-state index in [9.17, 15) is 9.18 Å². The van der Waals surface area contributed by atoms with Gasteiger partial charge in [0.1, 0.15) is 17.6 Å². The molecule has 2 heterocycles. The SMILES string of the molecule is CC1(c2cccc(F)c2)NOC=C1c1cn(-c2cccc(C(=O)NCC3CC3)c2)cn1. The summed E-state index contributed by atoms with van der Waals surface area (Å²) in [7, 11) is 0. The molecule has 1 fully saturated rings. The Morgan fingerprint density at radius 2 is 2.13 bits per heavy atom. The maximum atomic E-state index is 13.8. The molecular weight excluding hydrogens is 395 g/mol. The number of aromatic nitrogens is 2. The Labute approximate surface area is 179 Å². The first-order valence-electron chi connectivity index (χ1n) is 10.4. The summed E-state index contributed by atoms with van der Waals surface area (Å²) >= 11 is 0. The van der Waals surface area contributed by atoms with Gasteiger partial charge in [0, 0.05) is 29.6 Å². The highest BCUT2D eigenvalue weighted by molar-refractivity contribution is 5.94. The molecule has 0 spiro atoms. The number of nitrogens with zero attached hydrogens (tertiary/aromatic N) is 2. The van der Waals surface area contributed by atoms with Gasteiger partial charge in [0.15, 0.2) is 0 Å². The summed E-state index contributed by atoms with van der Waals surface area (Å²) in [5.41, 5.74) is 5.88. The molecule has 3 aromatic rings. The van der Waals surface area contributed by atoms with Crippen molar-refractivity contribution in [2.24, 2.45) is 5.92 Å². The molecule has 2 aromatic carbocycles. The van der Waals surface area contributed by atoms with E-state index < -0.39 is 5.54 Å². The minimum atomic E-state index is -0.744. The number of hydrogen-bond acceptors (Lipinski definition) is 4. The molecule has 0 saturated heterocycles. The Kier molecular flexibility index (Phi) is 4.82. The molecule has 1 atom stereocenters. The summed E-state index contributed by atoms with van der Waals surface area (Å²) in [4.78, 5) is 22.4. The standard InChI is InChI=1S/C24H23FN4O2/c1-24(18-5-3-6-19(25)11-18)21(14-31-28-24)22-13-29(15-27-22)20-7-2-4-17(10-20)23(30)26-12-16-8-9-16/h2-7,10-11,13-16,28H,8-9,12H2,1H3,(H,26,30). The van der Waals surface area contributed by atoms with E-state index in [1.54, 1.807) is 18.7 Å². The quantitative estimate of drug-likeness (QED) is 0.636. The number of benzene rings is 2. The molecule has 1 aliphatic heterocycles. The highest BCUT2D eigenvalue weighted by Gasteiger charge is 2.38. The fourth-order valence-corrected chi connectivity index (χ4v) is 3.78. The Hall–Kier alpha value is -3.45. The Balaban J connectivity index is 1.40. The average Bonchev–Trinajstić information content (AvgIpc) is 3.33. The van der Waals surface area contributed by atoms with Crippen molar-refractivity contribution in [1.29, 1.82) is 0 Å². The summed E-state index contributed by atoms with van der Waals surface area (Å²) in [5.74, 6) is 0.254. The van der Waals surface area contributed by atoms with Crippen LogP contribution >= 0.6 is 0 Å². The summed E-state index contributed by atoms with van der Waals surface area (Å²) in [6.45, 7) is 2.66. The van der Waals surface area contributed by atoms with Crippen molar-refractivity contribution in [2.75, 3.05) is 6.54 Å². The van der Waals surface area contributed by atoms with Crippen molar-refractivity contribution in [2.45, 2.75) is 25.3 Å². The van der Waals surface area contributed by atoms with E-state index in [0.29, 0.717) is 17.2 Å². The van der Waals surface area contributed by atoms with Crippen LogP contribution in [-0.4, -0.2) is 22.0 Å². The summed E-state index contributed by atoms with van der Waals surface area (Å²) in [6, 6.07) is 13.8. The maximum Gasteiger partial charge on any atom is 0.251 e. The number of amides is 1. The molecule has 0 radical (unpaired) electrons. The van der Waals surface area contributed by atoms with Gasteiger partial charge < -0.3 is 14.7 Å². The molecule has 1 aliphatic carbocycles. The van der Waals surface area contributed by atoms with Crippen LogP contribution in [0.3, 0.4) is 0 Å². The molecule has 31 heavy (non-hydrogen) atoms. The van der Waals surface area contributed by atoms with Crippen LogP contribution in [0.15, 0.2) is 67.3 Å². The zero-order valence-corrected chi connectivity index (χ0v) is 17.1. The van der Waals surface area contributed by atoms with Crippen LogP contribution in [0.25, 0.3) is 11.3 Å². The van der Waals surface area contributed by atoms with Gasteiger partial charge in [0.05, 0.1) is 12.0 Å². The molecular formula is C24H23FN4O2. The molecule has 2 aliphatic rings. The van der Waals surface area contributed by atoms with Crippen molar-refractivity contribution in [3.63, 3.8) is 0 Å². The zero-order valence-electron chi connectivity index (χ0n) is 17.1. The fraction of sp³-hybridized carbons (Fsp3) is 0.250. The fourth-order valence-electron chi connectivity index (χ4n) is 3.78. The van der Waals surface area contributed by atoms with Crippen molar-refractivity contribution < 1.29 is 14.0 Å². The van der Waals surface area contributed by atoms with Crippen LogP contribution in [0.2, 0.25) is 0 Å². The van der Waals surface area contributed by atoms with Gasteiger partial charge in [0.2, 0.25) is 0 Å². The van der Waals surface area contributed by atoms with Crippen LogP contribution in [-0.2, 0) is 10.4 Å². The van der Waals surface area contributed by atoms with E-state index in [4.69, 9.17) is 4.84 Å². The normalized spacial score (nSPS) is 20.3. The molecule has 2 N–H and O–H groups in total. The largest absolute Gasteiger partial charge is 0.415 e. The van der Waals surface area contributed by atoms with E-state index in [-0.39, 0.29) is 11.7 Å². The number of rotatable bonds is 6. The van der Waals surface area contributed by atoms with Gasteiger partial charge in [-0.25, -0.2) is 9.37 Å². The van der Waals surface area contributed by atoms with Gasteiger partial charge in [-0.05, 0) is 61.6 Å². The van der Waals surface area contributed by atoms with E-state index in [0.717, 1.165) is 23.4 Å². The van der Waals surface area contributed by atoms with Crippen LogP contribution in [0.1, 0.15) is 41.4 Å². The van der Waals surface area contributed by atoms with Gasteiger partial charge in [-0.2, -0.15) is 0 Å². The molecule has 1 amide bonds. The van der Waals surface area contributed by atoms with E-state index in [1.807, 2.05) is 48.0 Å². The maximum absolute atomic E-state index is 13.8. The molecule has 7 heteroatoms. The summed E-state index contributed by atoms with van der Waals surface area (Å²) < 4.78 is 15.7. The summed E-state index contributed by atoms with van der Waals surface area (Å²) in [6.07, 6.45) is 7.56. The molecule has 5 rings (SSSR count). The Bertz CT molecular complexity index is 1170. The number of hydroxylamine groups is 1. The second kappa shape index (κ2) is 7.67. The number of nitrogens with one attached hydrogen (secondary N) is 2. The second-order valence-electron chi connectivity index (χ2n) is 8.26. The third-order valence-electron chi connectivity index (χ3n) is 5.89. The highest BCUT2D eigenvalue weighted by atomic mass is 19.1. The minimum absolute atomic E-state index is 0.0659. The predicted molar refractivity (Wildman–Crippen MR) is 115 cm³/mol. The molecule has 158 valence electrons. The lowest BCUT2D eigenvalue weighted by Gasteiger charge is -2.25. The Morgan fingerprint density at radius 3 is 2.94 bits per heavy atom. The first-order chi connectivity index (χ1) is 15.0. The monoisotopic (exact) mass is 418 g/mol. The lowest BCUT2D eigenvalue weighted by atomic mass is 9.84. The van der Waals surface area contributed by atoms with Gasteiger partial charge in [-0.1, -0.05) is 18.2 Å². The van der Waals surface area contributed by atoms with Crippen LogP contribution in [0.5, 0.6) is 0 Å². The number of carbonyl (C=O) groups excluding carboxylic acids is 1. The third-order valence-corrected chi connectivity index (χ3v) is 5.89. The molecule has 6 nitrogen and oxygen atoms in total. The van der Waals surface area contributed by atoms with E-state index in [1.165, 1.54) is 25.0 Å². The highest BCUT2D eigenvalue weighted by Crippen LogP contribution is 2.39. The summed E-state index contributed by atoms with van der Waals surface area (Å²) in [5, 5.41) is 2.99. The van der Waals surface area contributed by atoms with Gasteiger partial charge in [-0.3, -0.25) is 4.79 Å². The van der Waals surface area contributed by atoms with E-state index >= 15 is 0 Å². The van der Waals surface area contributed by atoms with Gasteiger partial charge in [-0.15, -0.1) is 5.48 Å². The zero-order chi connectivity index (χ0) is 21.4. The molecule has 1 unspecified atom stereocenters. The molecule has 0 bridgehead atoms. The number of carbonyl (C=O) groups is 1. The predicted octanol–water partition coefficient (Wildman–Crippen LogP) is 3.94. The van der Waals surface area contributed by atoms with Crippen molar-refractivity contribution in [1.82, 2.24) is 20.3 Å². The first-order valence-corrected chi connectivity index (χ1v) is 10.4. The molecule has 1 aromatic heterocycles. The smallest absolute Gasteiger partial charge is 0.251 e. The lowest BCUT2D eigenvalue weighted by molar-refractivity contribution is 0.0951. The van der Waals surface area contributed by atoms with Crippen molar-refractivity contribution in [3.8, 4) is 5.69 Å².